The Balaban J connectivity index is 1.96. The van der Waals surface area contributed by atoms with Gasteiger partial charge in [-0.15, -0.1) is 0 Å². The maximum absolute atomic E-state index is 10.4. The zero-order valence-electron chi connectivity index (χ0n) is 9.87. The summed E-state index contributed by atoms with van der Waals surface area (Å²) in [5.41, 5.74) is -1.12. The van der Waals surface area contributed by atoms with Gasteiger partial charge in [0.15, 0.2) is 0 Å². The molecule has 1 fully saturated rings. The third kappa shape index (κ3) is 2.54. The molecule has 1 saturated heterocycles. The molecular weight excluding hydrogens is 240 g/mol. The second kappa shape index (κ2) is 4.83. The number of aromatic nitrogens is 2. The van der Waals surface area contributed by atoms with Crippen molar-refractivity contribution in [1.82, 2.24) is 9.97 Å². The van der Waals surface area contributed by atoms with E-state index in [1.54, 1.807) is 6.92 Å². The van der Waals surface area contributed by atoms with E-state index in [-0.39, 0.29) is 24.3 Å². The average Bonchev–Trinajstić information content (AvgIpc) is 2.68. The Morgan fingerprint density at radius 2 is 2.33 bits per heavy atom. The molecule has 0 bridgehead atoms. The lowest BCUT2D eigenvalue weighted by Crippen LogP contribution is -2.43. The van der Waals surface area contributed by atoms with Crippen LogP contribution in [0.2, 0.25) is 0 Å². The minimum atomic E-state index is -0.953. The Morgan fingerprint density at radius 1 is 1.67 bits per heavy atom. The lowest BCUT2D eigenvalue weighted by atomic mass is 9.97. The second-order valence-corrected chi connectivity index (χ2v) is 4.24. The van der Waals surface area contributed by atoms with Crippen LogP contribution < -0.4 is 5.32 Å². The summed E-state index contributed by atoms with van der Waals surface area (Å²) in [5.74, 6) is 0.244. The predicted molar refractivity (Wildman–Crippen MR) is 62.2 cm³/mol. The zero-order chi connectivity index (χ0) is 13.2. The molecule has 0 aliphatic carbocycles. The monoisotopic (exact) mass is 254 g/mol. The molecule has 0 amide bonds. The minimum absolute atomic E-state index is 0.170. The topological polar surface area (TPSA) is 110 Å². The van der Waals surface area contributed by atoms with Gasteiger partial charge in [-0.05, 0) is 6.92 Å². The largest absolute Gasteiger partial charge is 0.385 e. The molecule has 0 radical (unpaired) electrons. The first kappa shape index (κ1) is 12.7. The van der Waals surface area contributed by atoms with Gasteiger partial charge in [0.1, 0.15) is 18.0 Å². The molecule has 1 aliphatic rings. The molecule has 18 heavy (non-hydrogen) atoms. The molecular formula is C10H14N4O4. The molecule has 1 aromatic heterocycles. The lowest BCUT2D eigenvalue weighted by molar-refractivity contribution is -0.385. The summed E-state index contributed by atoms with van der Waals surface area (Å²) < 4.78 is 5.29. The molecule has 1 aromatic rings. The maximum Gasteiger partial charge on any atom is 0.305 e. The number of nitrogens with one attached hydrogen (secondary N) is 1. The van der Waals surface area contributed by atoms with Crippen LogP contribution in [0.1, 0.15) is 13.3 Å². The van der Waals surface area contributed by atoms with Crippen LogP contribution in [0.25, 0.3) is 0 Å². The smallest absolute Gasteiger partial charge is 0.305 e. The average molecular weight is 254 g/mol. The molecule has 0 spiro atoms. The van der Waals surface area contributed by atoms with Gasteiger partial charge >= 0.3 is 5.69 Å². The van der Waals surface area contributed by atoms with E-state index < -0.39 is 10.5 Å². The van der Waals surface area contributed by atoms with Crippen molar-refractivity contribution in [2.24, 2.45) is 0 Å². The van der Waals surface area contributed by atoms with Gasteiger partial charge in [-0.25, -0.2) is 9.97 Å². The molecule has 2 unspecified atom stereocenters. The summed E-state index contributed by atoms with van der Waals surface area (Å²) in [5, 5.41) is 23.5. The van der Waals surface area contributed by atoms with Crippen molar-refractivity contribution in [1.29, 1.82) is 0 Å². The number of nitro groups is 1. The maximum atomic E-state index is 10.4. The first-order valence-corrected chi connectivity index (χ1v) is 5.55. The second-order valence-electron chi connectivity index (χ2n) is 4.24. The number of hydrogen-bond acceptors (Lipinski definition) is 7. The summed E-state index contributed by atoms with van der Waals surface area (Å²) >= 11 is 0. The van der Waals surface area contributed by atoms with Gasteiger partial charge in [-0.3, -0.25) is 10.1 Å². The standard InChI is InChI=1S/C10H14N4O4/c1-7-10(15,2-3-18-7)6-13-9-11-4-8(5-12-9)14(16)17/h4-5,7,15H,2-3,6H2,1H3,(H,11,12,13). The van der Waals surface area contributed by atoms with Gasteiger partial charge < -0.3 is 15.2 Å². The van der Waals surface area contributed by atoms with Gasteiger partial charge in [0.05, 0.1) is 11.0 Å². The Bertz CT molecular complexity index is 438. The molecule has 2 heterocycles. The summed E-state index contributed by atoms with van der Waals surface area (Å²) in [6.45, 7) is 2.55. The Labute approximate surface area is 103 Å². The van der Waals surface area contributed by atoms with Crippen LogP contribution in [0.4, 0.5) is 11.6 Å². The number of aliphatic hydroxyl groups is 1. The lowest BCUT2D eigenvalue weighted by Gasteiger charge is -2.25. The van der Waals surface area contributed by atoms with Crippen LogP contribution in [0.3, 0.4) is 0 Å². The SMILES string of the molecule is CC1OCCC1(O)CNc1ncc([N+](=O)[O-])cn1. The van der Waals surface area contributed by atoms with Crippen LogP contribution in [-0.4, -0.2) is 44.9 Å². The minimum Gasteiger partial charge on any atom is -0.385 e. The van der Waals surface area contributed by atoms with E-state index in [2.05, 4.69) is 15.3 Å². The van der Waals surface area contributed by atoms with Crippen LogP contribution in [-0.2, 0) is 4.74 Å². The number of rotatable bonds is 4. The Kier molecular flexibility index (Phi) is 3.39. The van der Waals surface area contributed by atoms with Gasteiger partial charge in [-0.2, -0.15) is 0 Å². The number of hydrogen-bond donors (Lipinski definition) is 2. The fraction of sp³-hybridized carbons (Fsp3) is 0.600. The van der Waals surface area contributed by atoms with E-state index in [9.17, 15) is 15.2 Å². The first-order chi connectivity index (χ1) is 8.51. The third-order valence-electron chi connectivity index (χ3n) is 3.06. The summed E-state index contributed by atoms with van der Waals surface area (Å²) in [6.07, 6.45) is 2.51. The van der Waals surface area contributed by atoms with Crippen LogP contribution in [0, 0.1) is 10.1 Å². The number of anilines is 1. The Morgan fingerprint density at radius 3 is 2.83 bits per heavy atom. The van der Waals surface area contributed by atoms with Crippen LogP contribution in [0.15, 0.2) is 12.4 Å². The van der Waals surface area contributed by atoms with Crippen molar-refractivity contribution < 1.29 is 14.8 Å². The van der Waals surface area contributed by atoms with Gasteiger partial charge in [-0.1, -0.05) is 0 Å². The normalized spacial score (nSPS) is 27.1. The molecule has 98 valence electrons. The highest BCUT2D eigenvalue weighted by molar-refractivity contribution is 5.31. The molecule has 1 aliphatic heterocycles. The van der Waals surface area contributed by atoms with Crippen molar-refractivity contribution in [3.05, 3.63) is 22.5 Å². The fourth-order valence-electron chi connectivity index (χ4n) is 1.74. The van der Waals surface area contributed by atoms with Gasteiger partial charge in [0.2, 0.25) is 5.95 Å². The molecule has 2 rings (SSSR count). The van der Waals surface area contributed by atoms with Gasteiger partial charge in [0, 0.05) is 19.6 Å². The van der Waals surface area contributed by atoms with Crippen molar-refractivity contribution in [2.45, 2.75) is 25.0 Å². The van der Waals surface area contributed by atoms with E-state index in [4.69, 9.17) is 4.74 Å². The molecule has 2 N–H and O–H groups in total. The van der Waals surface area contributed by atoms with Crippen LogP contribution >= 0.6 is 0 Å². The summed E-state index contributed by atoms with van der Waals surface area (Å²) in [4.78, 5) is 17.5. The van der Waals surface area contributed by atoms with Gasteiger partial charge in [0.25, 0.3) is 0 Å². The highest BCUT2D eigenvalue weighted by Crippen LogP contribution is 2.25. The zero-order valence-corrected chi connectivity index (χ0v) is 9.87. The number of nitrogens with zero attached hydrogens (tertiary/aromatic N) is 3. The fourth-order valence-corrected chi connectivity index (χ4v) is 1.74. The van der Waals surface area contributed by atoms with E-state index in [1.807, 2.05) is 0 Å². The highest BCUT2D eigenvalue weighted by atomic mass is 16.6. The van der Waals surface area contributed by atoms with Crippen LogP contribution in [0.5, 0.6) is 0 Å². The van der Waals surface area contributed by atoms with Crippen molar-refractivity contribution in [3.63, 3.8) is 0 Å². The van der Waals surface area contributed by atoms with E-state index >= 15 is 0 Å². The quantitative estimate of drug-likeness (QED) is 0.588. The summed E-state index contributed by atoms with van der Waals surface area (Å²) in [7, 11) is 0. The first-order valence-electron chi connectivity index (χ1n) is 5.55. The number of ether oxygens (including phenoxy) is 1. The van der Waals surface area contributed by atoms with Crippen molar-refractivity contribution in [2.75, 3.05) is 18.5 Å². The van der Waals surface area contributed by atoms with E-state index in [0.717, 1.165) is 12.4 Å². The highest BCUT2D eigenvalue weighted by Gasteiger charge is 2.39. The van der Waals surface area contributed by atoms with Crippen molar-refractivity contribution in [3.8, 4) is 0 Å². The molecule has 2 atom stereocenters. The summed E-state index contributed by atoms with van der Waals surface area (Å²) in [6, 6.07) is 0. The molecule has 8 heteroatoms. The van der Waals surface area contributed by atoms with E-state index in [1.165, 1.54) is 0 Å². The molecule has 0 saturated carbocycles. The molecule has 0 aromatic carbocycles. The van der Waals surface area contributed by atoms with E-state index in [0.29, 0.717) is 13.0 Å². The Hall–Kier alpha value is -1.80. The predicted octanol–water partition coefficient (Wildman–Crippen LogP) is 0.337. The third-order valence-corrected chi connectivity index (χ3v) is 3.06. The van der Waals surface area contributed by atoms with Crippen molar-refractivity contribution >= 4 is 11.6 Å². The molecule has 8 nitrogen and oxygen atoms in total.